The number of benzene rings is 4. The molecule has 5 nitrogen and oxygen atoms in total. The van der Waals surface area contributed by atoms with Gasteiger partial charge in [0, 0.05) is 51.1 Å². The first kappa shape index (κ1) is 72.7. The van der Waals surface area contributed by atoms with Crippen LogP contribution in [0.1, 0.15) is 217 Å². The molecule has 0 bridgehead atoms. The van der Waals surface area contributed by atoms with E-state index in [1.165, 1.54) is 97.8 Å². The van der Waals surface area contributed by atoms with Gasteiger partial charge in [0.1, 0.15) is 0 Å². The number of hydrogen-bond acceptors (Lipinski definition) is 5. The molecule has 0 spiro atoms. The summed E-state index contributed by atoms with van der Waals surface area (Å²) in [4.78, 5) is 0. The van der Waals surface area contributed by atoms with Gasteiger partial charge in [-0.1, -0.05) is 231 Å². The highest BCUT2D eigenvalue weighted by atomic mass is 28.4. The summed E-state index contributed by atoms with van der Waals surface area (Å²) in [5, 5.41) is 28.5. The first-order valence-electron chi connectivity index (χ1n) is 30.0. The Labute approximate surface area is 485 Å². The van der Waals surface area contributed by atoms with Gasteiger partial charge in [0.25, 0.3) is 16.6 Å². The molecule has 0 aliphatic carbocycles. The monoisotopic (exact) mass is 1120 g/mol. The van der Waals surface area contributed by atoms with Gasteiger partial charge >= 0.3 is 0 Å². The lowest BCUT2D eigenvalue weighted by molar-refractivity contribution is -0.0441. The van der Waals surface area contributed by atoms with Crippen LogP contribution in [0.15, 0.2) is 146 Å². The van der Waals surface area contributed by atoms with Crippen molar-refractivity contribution in [3.63, 3.8) is 0 Å². The molecule has 0 fully saturated rings. The van der Waals surface area contributed by atoms with Crippen LogP contribution in [0.2, 0.25) is 10.1 Å². The Morgan fingerprint density at radius 1 is 0.392 bits per heavy atom. The Morgan fingerprint density at radius 2 is 0.658 bits per heavy atom. The molecule has 0 amide bonds. The van der Waals surface area contributed by atoms with Crippen molar-refractivity contribution in [1.82, 2.24) is 0 Å². The van der Waals surface area contributed by atoms with Crippen molar-refractivity contribution in [2.75, 3.05) is 13.2 Å². The summed E-state index contributed by atoms with van der Waals surface area (Å²) >= 11 is 0. The van der Waals surface area contributed by atoms with Crippen LogP contribution in [0.3, 0.4) is 0 Å². The fourth-order valence-electron chi connectivity index (χ4n) is 10.3. The number of aliphatic hydroxyl groups excluding tert-OH is 2. The van der Waals surface area contributed by atoms with Gasteiger partial charge in [0.15, 0.2) is 0 Å². The van der Waals surface area contributed by atoms with Crippen LogP contribution in [-0.2, 0) is 8.85 Å². The number of rotatable bonds is 34. The highest BCUT2D eigenvalue weighted by molar-refractivity contribution is 7.00. The van der Waals surface area contributed by atoms with E-state index < -0.39 is 16.6 Å². The number of halogens is 1. The average Bonchev–Trinajstić information content (AvgIpc) is 3.50. The topological polar surface area (TPSA) is 79.2 Å². The highest BCUT2D eigenvalue weighted by Gasteiger charge is 2.52. The Morgan fingerprint density at radius 3 is 0.987 bits per heavy atom. The molecule has 438 valence electrons. The molecular formula is C71H109FO5Si2. The van der Waals surface area contributed by atoms with E-state index in [-0.39, 0.29) is 36.3 Å². The molecule has 4 aromatic rings. The summed E-state index contributed by atoms with van der Waals surface area (Å²) in [7, 11) is -4.93. The van der Waals surface area contributed by atoms with Crippen LogP contribution in [0.4, 0.5) is 4.53 Å². The van der Waals surface area contributed by atoms with E-state index in [0.29, 0.717) is 6.61 Å². The van der Waals surface area contributed by atoms with Gasteiger partial charge in [-0.3, -0.25) is 0 Å². The van der Waals surface area contributed by atoms with Gasteiger partial charge in [-0.2, -0.15) is 0 Å². The van der Waals surface area contributed by atoms with Gasteiger partial charge in [-0.05, 0) is 141 Å². The fourth-order valence-corrected chi connectivity index (χ4v) is 19.8. The van der Waals surface area contributed by atoms with Crippen molar-refractivity contribution in [3.05, 3.63) is 146 Å². The highest BCUT2D eigenvalue weighted by Crippen LogP contribution is 2.39. The second-order valence-corrected chi connectivity index (χ2v) is 31.5. The minimum Gasteiger partial charge on any atom is -0.405 e. The molecule has 2 atom stereocenters. The molecule has 3 N–H and O–H groups in total. The van der Waals surface area contributed by atoms with Crippen LogP contribution in [0, 0.1) is 23.7 Å². The van der Waals surface area contributed by atoms with Gasteiger partial charge in [-0.25, -0.2) is 5.31 Å². The Bertz CT molecular complexity index is 2160. The molecule has 4 rings (SSSR count). The zero-order valence-corrected chi connectivity index (χ0v) is 51.9. The third-order valence-electron chi connectivity index (χ3n) is 14.4. The van der Waals surface area contributed by atoms with E-state index in [2.05, 4.69) is 225 Å². The summed E-state index contributed by atoms with van der Waals surface area (Å²) in [5.41, 5.74) is 0. The quantitative estimate of drug-likeness (QED) is 0.0188. The lowest BCUT2D eigenvalue weighted by Gasteiger charge is -2.44. The summed E-state index contributed by atoms with van der Waals surface area (Å²) < 4.78 is 22.9. The summed E-state index contributed by atoms with van der Waals surface area (Å²) in [5.74, 6) is 13.1. The average molecular weight is 1120 g/mol. The standard InChI is InChI=1S/C36H56O2Si.C34H48O2Si.CH4.FHO/c1-33(27-21-17-15-13-11-9-7-5-6-8-10-12-14-16-18-26-32-37)38-39(36(2,3)4,34-28-22-19-23-29-34)35-30-24-20-25-31-35;1-31(25-19-15-13-11-9-7-5-6-8-10-12-14-16-24-30-35)36-37(34(2,3)4,32-26-20-17-21-27-32)33-28-22-18-23-29-33;;1-2/h12-15,19-20,22-25,28-31,33,37H,5-11,16-18,21,26-27,32H2,1-4H3;17-18,20-23,26-29,31,35H,5-10,15-16,19,24-25,30H2,1-4H3;1H4;2H/b14-12-,15-13-;;;/t33-;31-;;/m00../s1. The molecule has 0 unspecified atom stereocenters. The lowest BCUT2D eigenvalue weighted by Crippen LogP contribution is -2.67. The number of aliphatic hydroxyl groups is 2. The maximum Gasteiger partial charge on any atom is 0.261 e. The lowest BCUT2D eigenvalue weighted by atomic mass is 10.1. The SMILES string of the molecule is C.C[C@@H](CCC/C=C\CCCCCCC/C=C\CCCCO)O[Si](c1ccccc1)(c1ccccc1)C(C)(C)C.C[C@@H](CCCC#CCCCCCCC#CCCCO)O[Si](c1ccccc1)(c1ccccc1)C(C)(C)C.OF. The molecule has 4 aromatic carbocycles. The second-order valence-electron chi connectivity index (χ2n) is 23.0. The van der Waals surface area contributed by atoms with Crippen LogP contribution in [0.5, 0.6) is 0 Å². The van der Waals surface area contributed by atoms with Crippen molar-refractivity contribution in [2.24, 2.45) is 0 Å². The van der Waals surface area contributed by atoms with E-state index >= 15 is 0 Å². The van der Waals surface area contributed by atoms with E-state index in [9.17, 15) is 0 Å². The largest absolute Gasteiger partial charge is 0.405 e. The Hall–Kier alpha value is -4.36. The molecular weight excluding hydrogens is 1010 g/mol. The molecule has 0 heterocycles. The fraction of sp³-hybridized carbons (Fsp3) is 0.549. The maximum atomic E-state index is 8.79. The number of hydrogen-bond donors (Lipinski definition) is 3. The normalized spacial score (nSPS) is 12.5. The van der Waals surface area contributed by atoms with Crippen molar-refractivity contribution in [3.8, 4) is 23.7 Å². The number of allylic oxidation sites excluding steroid dienone is 4. The molecule has 0 saturated heterocycles. The summed E-state index contributed by atoms with van der Waals surface area (Å²) in [6.45, 7) is 19.2. The van der Waals surface area contributed by atoms with Crippen LogP contribution in [-0.4, -0.2) is 57.6 Å². The van der Waals surface area contributed by atoms with Crippen molar-refractivity contribution < 1.29 is 28.9 Å². The van der Waals surface area contributed by atoms with E-state index in [1.54, 1.807) is 0 Å². The minimum absolute atomic E-state index is 0. The third kappa shape index (κ3) is 28.3. The first-order valence-corrected chi connectivity index (χ1v) is 33.8. The molecule has 0 radical (unpaired) electrons. The third-order valence-corrected chi connectivity index (χ3v) is 24.7. The number of unbranched alkanes of at least 4 members (excludes halogenated alkanes) is 16. The molecule has 0 saturated carbocycles. The van der Waals surface area contributed by atoms with Crippen LogP contribution >= 0.6 is 0 Å². The molecule has 0 aromatic heterocycles. The van der Waals surface area contributed by atoms with Crippen molar-refractivity contribution >= 4 is 37.4 Å². The molecule has 0 aliphatic heterocycles. The van der Waals surface area contributed by atoms with E-state index in [4.69, 9.17) is 28.9 Å². The minimum atomic E-state index is -2.48. The van der Waals surface area contributed by atoms with Gasteiger partial charge in [0.2, 0.25) is 0 Å². The predicted octanol–water partition coefficient (Wildman–Crippen LogP) is 16.9. The maximum absolute atomic E-state index is 8.79. The molecule has 79 heavy (non-hydrogen) atoms. The zero-order valence-electron chi connectivity index (χ0n) is 49.9. The second kappa shape index (κ2) is 44.3. The van der Waals surface area contributed by atoms with E-state index in [1.807, 2.05) is 0 Å². The Balaban J connectivity index is 0.000000758. The Kier molecular flexibility index (Phi) is 40.8. The van der Waals surface area contributed by atoms with E-state index in [0.717, 1.165) is 77.0 Å². The van der Waals surface area contributed by atoms with Gasteiger partial charge < -0.3 is 19.1 Å². The van der Waals surface area contributed by atoms with Gasteiger partial charge in [-0.15, -0.1) is 23.7 Å². The van der Waals surface area contributed by atoms with Crippen molar-refractivity contribution in [2.45, 2.75) is 239 Å². The zero-order chi connectivity index (χ0) is 57.1. The summed E-state index contributed by atoms with van der Waals surface area (Å²) in [6.07, 6.45) is 36.8. The van der Waals surface area contributed by atoms with Crippen LogP contribution in [0.25, 0.3) is 0 Å². The smallest absolute Gasteiger partial charge is 0.261 e. The summed E-state index contributed by atoms with van der Waals surface area (Å²) in [6, 6.07) is 43.8. The molecule has 8 heteroatoms. The van der Waals surface area contributed by atoms with Crippen LogP contribution < -0.4 is 20.7 Å². The molecule has 0 aliphatic rings. The predicted molar refractivity (Wildman–Crippen MR) is 345 cm³/mol. The van der Waals surface area contributed by atoms with Gasteiger partial charge in [0.05, 0.1) is 0 Å². The first-order chi connectivity index (χ1) is 37.8. The van der Waals surface area contributed by atoms with Crippen molar-refractivity contribution in [1.29, 1.82) is 0 Å².